The number of hydrogen-bond acceptors (Lipinski definition) is 4. The number of rotatable bonds is 12. The van der Waals surface area contributed by atoms with Crippen LogP contribution < -0.4 is 9.62 Å². The summed E-state index contributed by atoms with van der Waals surface area (Å²) < 4.78 is 43.9. The van der Waals surface area contributed by atoms with Gasteiger partial charge in [0.2, 0.25) is 11.8 Å². The topological polar surface area (TPSA) is 86.8 Å². The summed E-state index contributed by atoms with van der Waals surface area (Å²) >= 11 is 12.5. The molecule has 11 heteroatoms. The Bertz CT molecular complexity index is 1690. The van der Waals surface area contributed by atoms with Crippen LogP contribution in [0.5, 0.6) is 0 Å². The minimum absolute atomic E-state index is 0.0526. The number of amides is 2. The van der Waals surface area contributed by atoms with Gasteiger partial charge in [0.05, 0.1) is 10.6 Å². The fourth-order valence-corrected chi connectivity index (χ4v) is 6.61. The van der Waals surface area contributed by atoms with E-state index in [-0.39, 0.29) is 45.2 Å². The van der Waals surface area contributed by atoms with E-state index in [4.69, 9.17) is 23.2 Å². The molecule has 0 aliphatic rings. The maximum absolute atomic E-state index is 15.0. The Morgan fingerprint density at radius 2 is 1.41 bits per heavy atom. The number of sulfonamides is 1. The van der Waals surface area contributed by atoms with E-state index in [1.165, 1.54) is 53.4 Å². The number of carbonyl (C=O) groups excluding carboxylic acids is 2. The normalized spacial score (nSPS) is 12.0. The van der Waals surface area contributed by atoms with E-state index in [0.29, 0.717) is 0 Å². The summed E-state index contributed by atoms with van der Waals surface area (Å²) in [5.41, 5.74) is 0.981. The van der Waals surface area contributed by atoms with Gasteiger partial charge in [0, 0.05) is 34.6 Å². The Labute approximate surface area is 267 Å². The zero-order valence-corrected chi connectivity index (χ0v) is 26.5. The Morgan fingerprint density at radius 3 is 2.00 bits per heavy atom. The van der Waals surface area contributed by atoms with Gasteiger partial charge in [0.25, 0.3) is 10.0 Å². The van der Waals surface area contributed by atoms with E-state index >= 15 is 0 Å². The molecule has 230 valence electrons. The molecule has 44 heavy (non-hydrogen) atoms. The van der Waals surface area contributed by atoms with Crippen molar-refractivity contribution in [2.75, 3.05) is 10.8 Å². The maximum atomic E-state index is 15.0. The van der Waals surface area contributed by atoms with E-state index < -0.39 is 40.2 Å². The quantitative estimate of drug-likeness (QED) is 0.189. The summed E-state index contributed by atoms with van der Waals surface area (Å²) in [5, 5.41) is 3.19. The third-order valence-electron chi connectivity index (χ3n) is 6.75. The molecule has 1 atom stereocenters. The number of hydrogen-bond donors (Lipinski definition) is 1. The van der Waals surface area contributed by atoms with Crippen LogP contribution in [-0.2, 0) is 32.6 Å². The number of nitrogens with zero attached hydrogens (tertiary/aromatic N) is 2. The first-order valence-electron chi connectivity index (χ1n) is 13.9. The first-order chi connectivity index (χ1) is 21.0. The molecule has 7 nitrogen and oxygen atoms in total. The van der Waals surface area contributed by atoms with Gasteiger partial charge in [-0.1, -0.05) is 89.9 Å². The summed E-state index contributed by atoms with van der Waals surface area (Å²) in [5.74, 6) is -1.76. The second-order valence-electron chi connectivity index (χ2n) is 10.4. The summed E-state index contributed by atoms with van der Waals surface area (Å²) in [6.45, 7) is 2.57. The third kappa shape index (κ3) is 8.37. The molecule has 0 radical (unpaired) electrons. The molecule has 4 aromatic rings. The molecule has 0 fully saturated rings. The van der Waals surface area contributed by atoms with Gasteiger partial charge in [-0.05, 0) is 55.8 Å². The number of nitrogens with one attached hydrogen (secondary N) is 1. The summed E-state index contributed by atoms with van der Waals surface area (Å²) in [4.78, 5) is 29.2. The molecule has 4 aromatic carbocycles. The molecule has 0 saturated carbocycles. The molecule has 1 N–H and O–H groups in total. The molecule has 0 unspecified atom stereocenters. The van der Waals surface area contributed by atoms with E-state index in [9.17, 15) is 22.4 Å². The molecule has 4 rings (SSSR count). The van der Waals surface area contributed by atoms with Gasteiger partial charge in [-0.2, -0.15) is 0 Å². The minimum Gasteiger partial charge on any atom is -0.352 e. The summed E-state index contributed by atoms with van der Waals surface area (Å²) in [7, 11) is -4.33. The lowest BCUT2D eigenvalue weighted by molar-refractivity contribution is -0.140. The molecule has 2 amide bonds. The minimum atomic E-state index is -4.33. The fourth-order valence-electron chi connectivity index (χ4n) is 4.68. The van der Waals surface area contributed by atoms with Crippen LogP contribution in [0.15, 0.2) is 108 Å². The van der Waals surface area contributed by atoms with Crippen LogP contribution in [-0.4, -0.2) is 43.8 Å². The molecule has 0 bridgehead atoms. The highest BCUT2D eigenvalue weighted by atomic mass is 35.5. The molecular weight excluding hydrogens is 624 g/mol. The zero-order chi connectivity index (χ0) is 31.9. The van der Waals surface area contributed by atoms with Gasteiger partial charge in [-0.25, -0.2) is 12.8 Å². The van der Waals surface area contributed by atoms with Gasteiger partial charge in [-0.3, -0.25) is 13.9 Å². The Hall–Kier alpha value is -3.92. The highest BCUT2D eigenvalue weighted by Gasteiger charge is 2.35. The van der Waals surface area contributed by atoms with Crippen molar-refractivity contribution >= 4 is 50.7 Å². The molecule has 0 heterocycles. The van der Waals surface area contributed by atoms with Gasteiger partial charge in [0.1, 0.15) is 18.4 Å². The molecule has 0 aromatic heterocycles. The lowest BCUT2D eigenvalue weighted by atomic mass is 10.0. The monoisotopic (exact) mass is 655 g/mol. The van der Waals surface area contributed by atoms with Crippen molar-refractivity contribution in [2.45, 2.75) is 43.8 Å². The first kappa shape index (κ1) is 33.0. The zero-order valence-electron chi connectivity index (χ0n) is 24.2. The largest absolute Gasteiger partial charge is 0.352 e. The second kappa shape index (κ2) is 14.7. The second-order valence-corrected chi connectivity index (χ2v) is 13.2. The van der Waals surface area contributed by atoms with Crippen molar-refractivity contribution in [3.63, 3.8) is 0 Å². The van der Waals surface area contributed by atoms with Gasteiger partial charge < -0.3 is 10.2 Å². The molecular formula is C33H32Cl2FN3O4S. The lowest BCUT2D eigenvalue weighted by Gasteiger charge is -2.34. The predicted octanol–water partition coefficient (Wildman–Crippen LogP) is 6.49. The number of carbonyl (C=O) groups is 2. The van der Waals surface area contributed by atoms with E-state index in [1.54, 1.807) is 38.1 Å². The fraction of sp³-hybridized carbons (Fsp3) is 0.212. The van der Waals surface area contributed by atoms with Crippen LogP contribution >= 0.6 is 23.2 Å². The summed E-state index contributed by atoms with van der Waals surface area (Å²) in [6, 6.07) is 25.5. The van der Waals surface area contributed by atoms with Crippen LogP contribution in [0.1, 0.15) is 25.0 Å². The number of halogens is 3. The average molecular weight is 657 g/mol. The molecule has 0 aliphatic heterocycles. The SMILES string of the molecule is CC(C)NC(=O)[C@H](Cc1ccccc1)N(Cc1ccccc1F)C(=O)CN(c1cc(Cl)cc(Cl)c1)S(=O)(=O)c1ccccc1. The van der Waals surface area contributed by atoms with Gasteiger partial charge in [0.15, 0.2) is 0 Å². The van der Waals surface area contributed by atoms with Crippen LogP contribution in [0.3, 0.4) is 0 Å². The lowest BCUT2D eigenvalue weighted by Crippen LogP contribution is -2.54. The third-order valence-corrected chi connectivity index (χ3v) is 8.97. The Kier molecular flexibility index (Phi) is 11.0. The molecule has 0 saturated heterocycles. The maximum Gasteiger partial charge on any atom is 0.264 e. The smallest absolute Gasteiger partial charge is 0.264 e. The number of benzene rings is 4. The standard InChI is InChI=1S/C33H32Cl2FN3O4S/c1-23(2)37-33(41)31(17-24-11-5-3-6-12-24)38(21-25-13-9-10-16-30(25)36)32(40)22-39(28-19-26(34)18-27(35)20-28)44(42,43)29-14-7-4-8-15-29/h3-16,18-20,23,31H,17,21-22H2,1-2H3,(H,37,41)/t31-/m0/s1. The van der Waals surface area contributed by atoms with Gasteiger partial charge >= 0.3 is 0 Å². The van der Waals surface area contributed by atoms with E-state index in [2.05, 4.69) is 5.32 Å². The van der Waals surface area contributed by atoms with Crippen molar-refractivity contribution in [3.8, 4) is 0 Å². The van der Waals surface area contributed by atoms with Crippen molar-refractivity contribution in [3.05, 3.63) is 130 Å². The van der Waals surface area contributed by atoms with E-state index in [0.717, 1.165) is 9.87 Å². The average Bonchev–Trinajstić information content (AvgIpc) is 2.98. The van der Waals surface area contributed by atoms with Crippen LogP contribution in [0.2, 0.25) is 10.0 Å². The molecule has 0 spiro atoms. The predicted molar refractivity (Wildman–Crippen MR) is 172 cm³/mol. The van der Waals surface area contributed by atoms with Crippen molar-refractivity contribution < 1.29 is 22.4 Å². The van der Waals surface area contributed by atoms with Crippen LogP contribution in [0.4, 0.5) is 10.1 Å². The molecule has 0 aliphatic carbocycles. The van der Waals surface area contributed by atoms with Crippen molar-refractivity contribution in [2.24, 2.45) is 0 Å². The van der Waals surface area contributed by atoms with Crippen molar-refractivity contribution in [1.29, 1.82) is 0 Å². The Balaban J connectivity index is 1.83. The van der Waals surface area contributed by atoms with Crippen LogP contribution in [0.25, 0.3) is 0 Å². The summed E-state index contributed by atoms with van der Waals surface area (Å²) in [6.07, 6.45) is 0.105. The first-order valence-corrected chi connectivity index (χ1v) is 16.1. The highest BCUT2D eigenvalue weighted by Crippen LogP contribution is 2.30. The van der Waals surface area contributed by atoms with E-state index in [1.807, 2.05) is 30.3 Å². The van der Waals surface area contributed by atoms with Crippen LogP contribution in [0, 0.1) is 5.82 Å². The number of anilines is 1. The van der Waals surface area contributed by atoms with Gasteiger partial charge in [-0.15, -0.1) is 0 Å². The van der Waals surface area contributed by atoms with Crippen molar-refractivity contribution in [1.82, 2.24) is 10.2 Å². The highest BCUT2D eigenvalue weighted by molar-refractivity contribution is 7.92. The Morgan fingerprint density at radius 1 is 0.841 bits per heavy atom.